The normalized spacial score (nSPS) is 12.5. The molecule has 0 saturated heterocycles. The predicted molar refractivity (Wildman–Crippen MR) is 116 cm³/mol. The molecule has 3 heterocycles. The average molecular weight is 539 g/mol. The van der Waals surface area contributed by atoms with Crippen LogP contribution in [0.5, 0.6) is 5.88 Å². The second kappa shape index (κ2) is 10.2. The Morgan fingerprint density at radius 1 is 1.34 bits per heavy atom. The number of hydrogen-bond donors (Lipinski definition) is 2. The third-order valence-corrected chi connectivity index (χ3v) is 5.21. The molecule has 0 radical (unpaired) electrons. The average Bonchev–Trinajstić information content (AvgIpc) is 3.11. The van der Waals surface area contributed by atoms with Gasteiger partial charge in [-0.3, -0.25) is 9.36 Å². The number of nitrogens with one attached hydrogen (secondary N) is 1. The lowest BCUT2D eigenvalue weighted by Gasteiger charge is -2.19. The quantitative estimate of drug-likeness (QED) is 0.349. The first kappa shape index (κ1) is 26.4. The number of aliphatic hydroxyl groups excluding tert-OH is 1. The van der Waals surface area contributed by atoms with Crippen molar-refractivity contribution < 1.29 is 32.2 Å². The van der Waals surface area contributed by atoms with E-state index < -0.39 is 53.6 Å². The third kappa shape index (κ3) is 5.39. The number of anilines is 1. The molecule has 3 aromatic rings. The second-order valence-electron chi connectivity index (χ2n) is 6.87. The van der Waals surface area contributed by atoms with E-state index in [4.69, 9.17) is 27.9 Å². The Kier molecular flexibility index (Phi) is 7.67. The van der Waals surface area contributed by atoms with E-state index in [-0.39, 0.29) is 28.2 Å². The lowest BCUT2D eigenvalue weighted by molar-refractivity contribution is -0.190. The van der Waals surface area contributed by atoms with Gasteiger partial charge in [-0.1, -0.05) is 23.2 Å². The number of nitrogens with zero attached hydrogens (tertiary/aromatic N) is 5. The molecular weight excluding hydrogens is 523 g/mol. The number of ether oxygens (including phenoxy) is 1. The third-order valence-electron chi connectivity index (χ3n) is 4.61. The molecule has 3 rings (SSSR count). The smallest absolute Gasteiger partial charge is 0.425 e. The van der Waals surface area contributed by atoms with E-state index in [1.54, 1.807) is 6.92 Å². The zero-order chi connectivity index (χ0) is 26.1. The summed E-state index contributed by atoms with van der Waals surface area (Å²) in [5.41, 5.74) is -1.88. The maximum atomic E-state index is 15.0. The van der Waals surface area contributed by atoms with Gasteiger partial charge in [0.2, 0.25) is 5.88 Å². The van der Waals surface area contributed by atoms with Gasteiger partial charge < -0.3 is 15.2 Å². The second-order valence-corrected chi connectivity index (χ2v) is 7.64. The number of rotatable bonds is 7. The van der Waals surface area contributed by atoms with E-state index in [0.717, 1.165) is 4.57 Å². The van der Waals surface area contributed by atoms with Gasteiger partial charge in [-0.05, 0) is 26.0 Å². The van der Waals surface area contributed by atoms with Crippen LogP contribution in [0.3, 0.4) is 0 Å². The molecule has 188 valence electrons. The molecule has 2 N–H and O–H groups in total. The number of carbonyl (C=O) groups is 1. The molecule has 16 heteroatoms. The number of carbonyl (C=O) groups excluding carboxylic acids is 1. The molecule has 10 nitrogen and oxygen atoms in total. The lowest BCUT2D eigenvalue weighted by atomic mass is 10.2. The van der Waals surface area contributed by atoms with Crippen molar-refractivity contribution in [2.75, 3.05) is 5.32 Å². The number of halogens is 6. The zero-order valence-corrected chi connectivity index (χ0v) is 19.4. The molecule has 1 atom stereocenters. The highest BCUT2D eigenvalue weighted by Crippen LogP contribution is 2.31. The summed E-state index contributed by atoms with van der Waals surface area (Å²) in [7, 11) is 0. The fourth-order valence-electron chi connectivity index (χ4n) is 2.81. The van der Waals surface area contributed by atoms with Crippen LogP contribution in [-0.2, 0) is 13.2 Å². The van der Waals surface area contributed by atoms with Gasteiger partial charge in [0.15, 0.2) is 28.7 Å². The minimum absolute atomic E-state index is 0.0530. The Bertz CT molecular complexity index is 1310. The molecule has 35 heavy (non-hydrogen) atoms. The van der Waals surface area contributed by atoms with Crippen molar-refractivity contribution in [2.24, 2.45) is 0 Å². The molecular formula is C19H16Cl2F4N6O4. The van der Waals surface area contributed by atoms with Crippen molar-refractivity contribution in [3.8, 4) is 11.7 Å². The summed E-state index contributed by atoms with van der Waals surface area (Å²) in [5, 5.41) is 15.1. The molecule has 0 aliphatic rings. The van der Waals surface area contributed by atoms with Crippen LogP contribution in [0.15, 0.2) is 23.1 Å². The Labute approximate surface area is 204 Å². The molecule has 0 saturated carbocycles. The van der Waals surface area contributed by atoms with Gasteiger partial charge in [0.1, 0.15) is 12.2 Å². The summed E-state index contributed by atoms with van der Waals surface area (Å²) < 4.78 is 60.8. The predicted octanol–water partition coefficient (Wildman–Crippen LogP) is 3.36. The van der Waals surface area contributed by atoms with Gasteiger partial charge in [0, 0.05) is 12.7 Å². The summed E-state index contributed by atoms with van der Waals surface area (Å²) in [5.74, 6) is -4.42. The Morgan fingerprint density at radius 2 is 2.03 bits per heavy atom. The van der Waals surface area contributed by atoms with Gasteiger partial charge in [-0.25, -0.2) is 14.2 Å². The molecule has 0 fully saturated rings. The minimum atomic E-state index is -4.87. The monoisotopic (exact) mass is 538 g/mol. The van der Waals surface area contributed by atoms with Crippen LogP contribution in [0.1, 0.15) is 30.0 Å². The first-order valence-corrected chi connectivity index (χ1v) is 10.5. The topological polar surface area (TPSA) is 124 Å². The van der Waals surface area contributed by atoms with E-state index in [1.807, 2.05) is 0 Å². The number of hydrogen-bond acceptors (Lipinski definition) is 7. The highest BCUT2D eigenvalue weighted by atomic mass is 35.5. The van der Waals surface area contributed by atoms with E-state index in [2.05, 4.69) is 20.4 Å². The van der Waals surface area contributed by atoms with Crippen LogP contribution in [0.4, 0.5) is 23.2 Å². The Hall–Kier alpha value is -3.23. The Morgan fingerprint density at radius 3 is 2.57 bits per heavy atom. The molecule has 1 amide bonds. The fraction of sp³-hybridized carbons (Fsp3) is 0.316. The van der Waals surface area contributed by atoms with Crippen molar-refractivity contribution in [1.82, 2.24) is 24.3 Å². The first-order valence-electron chi connectivity index (χ1n) is 9.74. The summed E-state index contributed by atoms with van der Waals surface area (Å²) in [4.78, 5) is 32.8. The van der Waals surface area contributed by atoms with Crippen LogP contribution >= 0.6 is 23.2 Å². The van der Waals surface area contributed by atoms with Crippen molar-refractivity contribution in [3.63, 3.8) is 0 Å². The van der Waals surface area contributed by atoms with Gasteiger partial charge in [0.25, 0.3) is 5.91 Å². The van der Waals surface area contributed by atoms with Crippen LogP contribution in [0.25, 0.3) is 5.82 Å². The summed E-state index contributed by atoms with van der Waals surface area (Å²) in [6, 6.07) is 1.80. The maximum Gasteiger partial charge on any atom is 0.425 e. The number of amides is 1. The van der Waals surface area contributed by atoms with Crippen molar-refractivity contribution in [1.29, 1.82) is 0 Å². The number of pyridine rings is 2. The highest BCUT2D eigenvalue weighted by molar-refractivity contribution is 6.39. The molecule has 0 spiro atoms. The highest BCUT2D eigenvalue weighted by Gasteiger charge is 2.39. The van der Waals surface area contributed by atoms with Crippen molar-refractivity contribution in [3.05, 3.63) is 56.2 Å². The molecule has 0 aromatic carbocycles. The summed E-state index contributed by atoms with van der Waals surface area (Å²) >= 11 is 11.9. The summed E-state index contributed by atoms with van der Waals surface area (Å²) in [6.45, 7) is 1.57. The van der Waals surface area contributed by atoms with E-state index in [0.29, 0.717) is 17.7 Å². The first-order chi connectivity index (χ1) is 16.4. The SMILES string of the molecule is CCn1c(CO)nn(-c2nc(O[C@@H](C)C(F)(F)F)c(C(=O)Nc3c(Cl)ccnc3Cl)cc2F)c1=O. The molecule has 0 aliphatic heterocycles. The number of alkyl halides is 3. The largest absolute Gasteiger partial charge is 0.464 e. The zero-order valence-electron chi connectivity index (χ0n) is 17.9. The lowest BCUT2D eigenvalue weighted by Crippen LogP contribution is -2.33. The van der Waals surface area contributed by atoms with Crippen LogP contribution in [0.2, 0.25) is 10.2 Å². The van der Waals surface area contributed by atoms with Crippen molar-refractivity contribution >= 4 is 34.8 Å². The minimum Gasteiger partial charge on any atom is -0.464 e. The fourth-order valence-corrected chi connectivity index (χ4v) is 3.26. The van der Waals surface area contributed by atoms with Gasteiger partial charge in [0.05, 0.1) is 10.7 Å². The van der Waals surface area contributed by atoms with Gasteiger partial charge >= 0.3 is 11.9 Å². The van der Waals surface area contributed by atoms with E-state index in [1.165, 1.54) is 12.3 Å². The van der Waals surface area contributed by atoms with Crippen LogP contribution < -0.4 is 15.7 Å². The van der Waals surface area contributed by atoms with Crippen LogP contribution in [0, 0.1) is 5.82 Å². The maximum absolute atomic E-state index is 15.0. The van der Waals surface area contributed by atoms with Gasteiger partial charge in [-0.15, -0.1) is 5.10 Å². The molecule has 0 aliphatic carbocycles. The van der Waals surface area contributed by atoms with Crippen molar-refractivity contribution in [2.45, 2.75) is 39.3 Å². The number of aliphatic hydroxyl groups is 1. The molecule has 3 aromatic heterocycles. The van der Waals surface area contributed by atoms with Gasteiger partial charge in [-0.2, -0.15) is 22.8 Å². The van der Waals surface area contributed by atoms with Crippen LogP contribution in [-0.4, -0.2) is 47.6 Å². The standard InChI is InChI=1S/C19H16Cl2F4N6O4/c1-3-30-12(7-32)29-31(18(30)34)15-11(22)6-9(17(28-15)35-8(2)19(23,24)25)16(33)27-13-10(20)4-5-26-14(13)21/h4-6,8,32H,3,7H2,1-2H3,(H,27,33)/t8-/m0/s1. The molecule has 0 unspecified atom stereocenters. The number of aromatic nitrogens is 5. The summed E-state index contributed by atoms with van der Waals surface area (Å²) in [6.07, 6.45) is -6.10. The Balaban J connectivity index is 2.16. The van der Waals surface area contributed by atoms with E-state index >= 15 is 4.39 Å². The van der Waals surface area contributed by atoms with E-state index in [9.17, 15) is 27.9 Å². The molecule has 0 bridgehead atoms.